The normalized spacial score (nSPS) is 19.7. The Hall–Kier alpha value is -1.13. The molecule has 0 aromatic heterocycles. The summed E-state index contributed by atoms with van der Waals surface area (Å²) in [6, 6.07) is 4.26. The van der Waals surface area contributed by atoms with Gasteiger partial charge in [-0.05, 0) is 31.0 Å². The lowest BCUT2D eigenvalue weighted by atomic mass is 10.1. The standard InChI is InChI=1S/C12H14ClFN2O/c13-9-2-1-3-10(14)11(9)12(17)16-5-4-8(6-15)7-16/h1-3,8H,4-7,15H2/t8-/m1/s1. The highest BCUT2D eigenvalue weighted by molar-refractivity contribution is 6.33. The maximum atomic E-state index is 13.6. The summed E-state index contributed by atoms with van der Waals surface area (Å²) in [7, 11) is 0. The zero-order valence-electron chi connectivity index (χ0n) is 9.33. The van der Waals surface area contributed by atoms with Gasteiger partial charge in [-0.1, -0.05) is 17.7 Å². The van der Waals surface area contributed by atoms with Crippen molar-refractivity contribution < 1.29 is 9.18 Å². The molecule has 1 aliphatic heterocycles. The summed E-state index contributed by atoms with van der Waals surface area (Å²) in [6.07, 6.45) is 0.869. The monoisotopic (exact) mass is 256 g/mol. The molecule has 92 valence electrons. The van der Waals surface area contributed by atoms with E-state index in [2.05, 4.69) is 0 Å². The Morgan fingerprint density at radius 1 is 1.59 bits per heavy atom. The van der Waals surface area contributed by atoms with E-state index in [1.54, 1.807) is 4.90 Å². The number of benzene rings is 1. The number of carbonyl (C=O) groups is 1. The molecule has 1 aromatic rings. The van der Waals surface area contributed by atoms with Crippen LogP contribution in [0.1, 0.15) is 16.8 Å². The molecule has 1 heterocycles. The van der Waals surface area contributed by atoms with Crippen LogP contribution in [0, 0.1) is 11.7 Å². The van der Waals surface area contributed by atoms with Crippen LogP contribution >= 0.6 is 11.6 Å². The second kappa shape index (κ2) is 5.02. The van der Waals surface area contributed by atoms with Gasteiger partial charge in [0.2, 0.25) is 0 Å². The molecule has 0 bridgehead atoms. The Balaban J connectivity index is 2.21. The lowest BCUT2D eigenvalue weighted by molar-refractivity contribution is 0.0783. The fraction of sp³-hybridized carbons (Fsp3) is 0.417. The van der Waals surface area contributed by atoms with Gasteiger partial charge >= 0.3 is 0 Å². The molecular formula is C12H14ClFN2O. The first-order valence-electron chi connectivity index (χ1n) is 5.57. The summed E-state index contributed by atoms with van der Waals surface area (Å²) >= 11 is 5.86. The summed E-state index contributed by atoms with van der Waals surface area (Å²) < 4.78 is 13.6. The average molecular weight is 257 g/mol. The van der Waals surface area contributed by atoms with E-state index >= 15 is 0 Å². The first-order chi connectivity index (χ1) is 8.13. The van der Waals surface area contributed by atoms with Crippen LogP contribution in [0.4, 0.5) is 4.39 Å². The van der Waals surface area contributed by atoms with Gasteiger partial charge in [0.1, 0.15) is 5.82 Å². The lowest BCUT2D eigenvalue weighted by Gasteiger charge is -2.17. The number of rotatable bonds is 2. The van der Waals surface area contributed by atoms with Crippen molar-refractivity contribution in [3.05, 3.63) is 34.6 Å². The molecule has 17 heavy (non-hydrogen) atoms. The van der Waals surface area contributed by atoms with Crippen molar-refractivity contribution in [3.63, 3.8) is 0 Å². The Kier molecular flexibility index (Phi) is 3.64. The summed E-state index contributed by atoms with van der Waals surface area (Å²) in [6.45, 7) is 1.75. The molecule has 2 rings (SSSR count). The van der Waals surface area contributed by atoms with E-state index in [9.17, 15) is 9.18 Å². The van der Waals surface area contributed by atoms with Crippen LogP contribution in [0.15, 0.2) is 18.2 Å². The number of nitrogens with zero attached hydrogens (tertiary/aromatic N) is 1. The first kappa shape index (κ1) is 12.3. The van der Waals surface area contributed by atoms with E-state index in [-0.39, 0.29) is 16.5 Å². The Bertz CT molecular complexity index is 418. The van der Waals surface area contributed by atoms with E-state index in [1.807, 2.05) is 0 Å². The molecule has 0 saturated carbocycles. The van der Waals surface area contributed by atoms with Gasteiger partial charge in [-0.25, -0.2) is 4.39 Å². The third-order valence-electron chi connectivity index (χ3n) is 3.08. The molecule has 1 aromatic carbocycles. The molecule has 1 amide bonds. The minimum atomic E-state index is -0.571. The van der Waals surface area contributed by atoms with Gasteiger partial charge in [-0.2, -0.15) is 0 Å². The predicted octanol–water partition coefficient (Wildman–Crippen LogP) is 1.90. The van der Waals surface area contributed by atoms with Crippen molar-refractivity contribution in [1.29, 1.82) is 0 Å². The number of halogens is 2. The van der Waals surface area contributed by atoms with Crippen LogP contribution in [0.5, 0.6) is 0 Å². The second-order valence-electron chi connectivity index (χ2n) is 4.24. The van der Waals surface area contributed by atoms with E-state index in [0.29, 0.717) is 25.6 Å². The second-order valence-corrected chi connectivity index (χ2v) is 4.65. The minimum Gasteiger partial charge on any atom is -0.338 e. The summed E-state index contributed by atoms with van der Waals surface area (Å²) in [5.74, 6) is -0.604. The highest BCUT2D eigenvalue weighted by Crippen LogP contribution is 2.24. The maximum Gasteiger partial charge on any atom is 0.258 e. The first-order valence-corrected chi connectivity index (χ1v) is 5.94. The highest BCUT2D eigenvalue weighted by Gasteiger charge is 2.28. The molecule has 2 N–H and O–H groups in total. The van der Waals surface area contributed by atoms with Crippen LogP contribution in [0.3, 0.4) is 0 Å². The largest absolute Gasteiger partial charge is 0.338 e. The zero-order valence-corrected chi connectivity index (χ0v) is 10.1. The van der Waals surface area contributed by atoms with Crippen molar-refractivity contribution >= 4 is 17.5 Å². The molecule has 1 saturated heterocycles. The molecule has 1 atom stereocenters. The van der Waals surface area contributed by atoms with Crippen molar-refractivity contribution in [1.82, 2.24) is 4.90 Å². The Morgan fingerprint density at radius 2 is 2.35 bits per heavy atom. The lowest BCUT2D eigenvalue weighted by Crippen LogP contribution is -2.30. The zero-order chi connectivity index (χ0) is 12.4. The number of carbonyl (C=O) groups excluding carboxylic acids is 1. The molecule has 0 unspecified atom stereocenters. The summed E-state index contributed by atoms with van der Waals surface area (Å²) in [5, 5.41) is 0.159. The van der Waals surface area contributed by atoms with E-state index in [4.69, 9.17) is 17.3 Å². The van der Waals surface area contributed by atoms with Gasteiger partial charge in [-0.3, -0.25) is 4.79 Å². The molecule has 0 spiro atoms. The van der Waals surface area contributed by atoms with Gasteiger partial charge in [-0.15, -0.1) is 0 Å². The quantitative estimate of drug-likeness (QED) is 0.879. The molecule has 3 nitrogen and oxygen atoms in total. The molecule has 1 aliphatic rings. The molecule has 5 heteroatoms. The highest BCUT2D eigenvalue weighted by atomic mass is 35.5. The fourth-order valence-corrected chi connectivity index (χ4v) is 2.31. The van der Waals surface area contributed by atoms with Gasteiger partial charge < -0.3 is 10.6 Å². The summed E-state index contributed by atoms with van der Waals surface area (Å²) in [5.41, 5.74) is 5.52. The van der Waals surface area contributed by atoms with E-state index < -0.39 is 5.82 Å². The van der Waals surface area contributed by atoms with Crippen LogP contribution < -0.4 is 5.73 Å². The average Bonchev–Trinajstić information content (AvgIpc) is 2.77. The minimum absolute atomic E-state index is 0.0353. The molecule has 0 radical (unpaired) electrons. The maximum absolute atomic E-state index is 13.6. The predicted molar refractivity (Wildman–Crippen MR) is 64.5 cm³/mol. The van der Waals surface area contributed by atoms with E-state index in [0.717, 1.165) is 6.42 Å². The Morgan fingerprint density at radius 3 is 2.94 bits per heavy atom. The van der Waals surface area contributed by atoms with Gasteiger partial charge in [0.05, 0.1) is 10.6 Å². The number of hydrogen-bond acceptors (Lipinski definition) is 2. The fourth-order valence-electron chi connectivity index (χ4n) is 2.07. The van der Waals surface area contributed by atoms with Crippen molar-refractivity contribution in [2.24, 2.45) is 11.7 Å². The van der Waals surface area contributed by atoms with Gasteiger partial charge in [0, 0.05) is 13.1 Å². The number of amides is 1. The van der Waals surface area contributed by atoms with Crippen molar-refractivity contribution in [2.45, 2.75) is 6.42 Å². The number of nitrogens with two attached hydrogens (primary N) is 1. The van der Waals surface area contributed by atoms with Gasteiger partial charge in [0.15, 0.2) is 0 Å². The van der Waals surface area contributed by atoms with Crippen LogP contribution in [-0.2, 0) is 0 Å². The molecular weight excluding hydrogens is 243 g/mol. The SMILES string of the molecule is NC[C@H]1CCN(C(=O)c2c(F)cccc2Cl)C1. The smallest absolute Gasteiger partial charge is 0.258 e. The van der Waals surface area contributed by atoms with Gasteiger partial charge in [0.25, 0.3) is 5.91 Å². The summed E-state index contributed by atoms with van der Waals surface area (Å²) in [4.78, 5) is 13.7. The number of likely N-dealkylation sites (tertiary alicyclic amines) is 1. The molecule has 1 fully saturated rings. The number of hydrogen-bond donors (Lipinski definition) is 1. The third kappa shape index (κ3) is 2.42. The third-order valence-corrected chi connectivity index (χ3v) is 3.40. The Labute approximate surface area is 104 Å². The van der Waals surface area contributed by atoms with Crippen LogP contribution in [-0.4, -0.2) is 30.4 Å². The van der Waals surface area contributed by atoms with Crippen molar-refractivity contribution in [2.75, 3.05) is 19.6 Å². The molecule has 0 aliphatic carbocycles. The van der Waals surface area contributed by atoms with Crippen LogP contribution in [0.2, 0.25) is 5.02 Å². The topological polar surface area (TPSA) is 46.3 Å². The van der Waals surface area contributed by atoms with Crippen LogP contribution in [0.25, 0.3) is 0 Å². The van der Waals surface area contributed by atoms with E-state index in [1.165, 1.54) is 18.2 Å². The van der Waals surface area contributed by atoms with Crippen molar-refractivity contribution in [3.8, 4) is 0 Å².